The van der Waals surface area contributed by atoms with Crippen LogP contribution < -0.4 is 15.4 Å². The molecule has 2 aromatic carbocycles. The Morgan fingerprint density at radius 3 is 2.53 bits per heavy atom. The van der Waals surface area contributed by atoms with Crippen molar-refractivity contribution in [1.82, 2.24) is 10.3 Å². The van der Waals surface area contributed by atoms with Gasteiger partial charge in [-0.3, -0.25) is 0 Å². The molecule has 0 amide bonds. The zero-order chi connectivity index (χ0) is 20.8. The maximum Gasteiger partial charge on any atom is 0.219 e. The molecule has 30 heavy (non-hydrogen) atoms. The van der Waals surface area contributed by atoms with Crippen molar-refractivity contribution in [2.24, 2.45) is 0 Å². The van der Waals surface area contributed by atoms with Crippen molar-refractivity contribution in [2.75, 3.05) is 11.9 Å². The number of nitrogens with zero attached hydrogens (tertiary/aromatic N) is 1. The van der Waals surface area contributed by atoms with E-state index in [-0.39, 0.29) is 5.41 Å². The van der Waals surface area contributed by atoms with Crippen LogP contribution in [-0.2, 0) is 5.41 Å². The summed E-state index contributed by atoms with van der Waals surface area (Å²) in [5, 5.41) is 7.98. The molecular weight excluding hydrogens is 414 g/mol. The first-order chi connectivity index (χ1) is 14.6. The standard InChI is InChI=1S/C24H24ClN3OS/c25-19-8-6-7-18(15-19)24(13-4-5-14-24)17-27-23(30)28-20-11-12-22(26-16-20)29-21-9-2-1-3-10-21/h1-3,6-12,15-16H,4-5,13-14,17H2,(H2,27,28,30). The summed E-state index contributed by atoms with van der Waals surface area (Å²) in [5.74, 6) is 1.29. The highest BCUT2D eigenvalue weighted by molar-refractivity contribution is 7.80. The number of nitrogens with one attached hydrogen (secondary N) is 2. The number of anilines is 1. The summed E-state index contributed by atoms with van der Waals surface area (Å²) in [6, 6.07) is 21.5. The van der Waals surface area contributed by atoms with Crippen LogP contribution in [0.15, 0.2) is 72.9 Å². The highest BCUT2D eigenvalue weighted by Gasteiger charge is 2.35. The third-order valence-corrected chi connectivity index (χ3v) is 6.03. The Kier molecular flexibility index (Phi) is 6.50. The predicted octanol–water partition coefficient (Wildman–Crippen LogP) is 6.33. The van der Waals surface area contributed by atoms with Gasteiger partial charge in [-0.15, -0.1) is 0 Å². The minimum Gasteiger partial charge on any atom is -0.439 e. The summed E-state index contributed by atoms with van der Waals surface area (Å²) >= 11 is 11.8. The summed E-state index contributed by atoms with van der Waals surface area (Å²) in [4.78, 5) is 4.35. The molecule has 6 heteroatoms. The van der Waals surface area contributed by atoms with Gasteiger partial charge in [0, 0.05) is 23.0 Å². The molecule has 0 spiro atoms. The summed E-state index contributed by atoms with van der Waals surface area (Å²) in [6.07, 6.45) is 6.43. The Morgan fingerprint density at radius 1 is 1.03 bits per heavy atom. The summed E-state index contributed by atoms with van der Waals surface area (Å²) in [7, 11) is 0. The molecule has 0 unspecified atom stereocenters. The summed E-state index contributed by atoms with van der Waals surface area (Å²) < 4.78 is 5.73. The van der Waals surface area contributed by atoms with Crippen LogP contribution in [0.25, 0.3) is 0 Å². The first-order valence-corrected chi connectivity index (χ1v) is 10.9. The van der Waals surface area contributed by atoms with Crippen LogP contribution in [0.1, 0.15) is 31.2 Å². The van der Waals surface area contributed by atoms with E-state index in [1.54, 1.807) is 6.20 Å². The second-order valence-electron chi connectivity index (χ2n) is 7.61. The number of halogens is 1. The average molecular weight is 438 g/mol. The maximum atomic E-state index is 6.24. The van der Waals surface area contributed by atoms with Crippen LogP contribution in [-0.4, -0.2) is 16.6 Å². The van der Waals surface area contributed by atoms with Gasteiger partial charge in [-0.2, -0.15) is 0 Å². The van der Waals surface area contributed by atoms with E-state index in [0.717, 1.165) is 35.8 Å². The highest BCUT2D eigenvalue weighted by Crippen LogP contribution is 2.41. The summed E-state index contributed by atoms with van der Waals surface area (Å²) in [6.45, 7) is 0.780. The van der Waals surface area contributed by atoms with Gasteiger partial charge in [0.15, 0.2) is 5.11 Å². The number of aromatic nitrogens is 1. The average Bonchev–Trinajstić information content (AvgIpc) is 3.25. The molecule has 1 aromatic heterocycles. The van der Waals surface area contributed by atoms with Gasteiger partial charge in [-0.25, -0.2) is 4.98 Å². The quantitative estimate of drug-likeness (QED) is 0.441. The van der Waals surface area contributed by atoms with E-state index in [1.165, 1.54) is 18.4 Å². The Labute approximate surface area is 187 Å². The monoisotopic (exact) mass is 437 g/mol. The molecular formula is C24H24ClN3OS. The lowest BCUT2D eigenvalue weighted by atomic mass is 9.79. The Hall–Kier alpha value is -2.63. The predicted molar refractivity (Wildman–Crippen MR) is 127 cm³/mol. The molecule has 1 aliphatic carbocycles. The van der Waals surface area contributed by atoms with Crippen LogP contribution >= 0.6 is 23.8 Å². The molecule has 1 aliphatic rings. The number of hydrogen-bond donors (Lipinski definition) is 2. The lowest BCUT2D eigenvalue weighted by molar-refractivity contribution is 0.435. The topological polar surface area (TPSA) is 46.2 Å². The van der Waals surface area contributed by atoms with Crippen LogP contribution in [0.3, 0.4) is 0 Å². The number of rotatable bonds is 6. The SMILES string of the molecule is S=C(NCC1(c2cccc(Cl)c2)CCCC1)Nc1ccc(Oc2ccccc2)nc1. The lowest BCUT2D eigenvalue weighted by Crippen LogP contribution is -2.40. The molecule has 4 rings (SSSR count). The van der Waals surface area contributed by atoms with Gasteiger partial charge in [0.2, 0.25) is 5.88 Å². The number of thiocarbonyl (C=S) groups is 1. The Bertz CT molecular complexity index is 989. The van der Waals surface area contributed by atoms with E-state index in [9.17, 15) is 0 Å². The number of pyridine rings is 1. The number of hydrogen-bond acceptors (Lipinski definition) is 3. The van der Waals surface area contributed by atoms with Crippen molar-refractivity contribution < 1.29 is 4.74 Å². The lowest BCUT2D eigenvalue weighted by Gasteiger charge is -2.30. The molecule has 1 heterocycles. The molecule has 1 saturated carbocycles. The van der Waals surface area contributed by atoms with Crippen molar-refractivity contribution in [1.29, 1.82) is 0 Å². The second-order valence-corrected chi connectivity index (χ2v) is 8.45. The fraction of sp³-hybridized carbons (Fsp3) is 0.250. The van der Waals surface area contributed by atoms with Crippen molar-refractivity contribution in [3.05, 3.63) is 83.5 Å². The number of ether oxygens (including phenoxy) is 1. The van der Waals surface area contributed by atoms with E-state index in [0.29, 0.717) is 11.0 Å². The molecule has 0 bridgehead atoms. The molecule has 1 fully saturated rings. The van der Waals surface area contributed by atoms with E-state index >= 15 is 0 Å². The van der Waals surface area contributed by atoms with Gasteiger partial charge in [0.25, 0.3) is 0 Å². The molecule has 0 atom stereocenters. The number of benzene rings is 2. The van der Waals surface area contributed by atoms with E-state index in [2.05, 4.69) is 27.8 Å². The van der Waals surface area contributed by atoms with Gasteiger partial charge in [0.05, 0.1) is 11.9 Å². The fourth-order valence-electron chi connectivity index (χ4n) is 3.99. The second kappa shape index (κ2) is 9.45. The van der Waals surface area contributed by atoms with E-state index in [1.807, 2.05) is 54.6 Å². The van der Waals surface area contributed by atoms with E-state index < -0.39 is 0 Å². The zero-order valence-corrected chi connectivity index (χ0v) is 18.2. The largest absolute Gasteiger partial charge is 0.439 e. The zero-order valence-electron chi connectivity index (χ0n) is 16.6. The Morgan fingerprint density at radius 2 is 1.83 bits per heavy atom. The molecule has 4 nitrogen and oxygen atoms in total. The van der Waals surface area contributed by atoms with Gasteiger partial charge >= 0.3 is 0 Å². The Balaban J connectivity index is 1.35. The minimum absolute atomic E-state index is 0.0717. The number of para-hydroxylation sites is 1. The third-order valence-electron chi connectivity index (χ3n) is 5.54. The van der Waals surface area contributed by atoms with Crippen molar-refractivity contribution in [2.45, 2.75) is 31.1 Å². The van der Waals surface area contributed by atoms with Gasteiger partial charge in [-0.05, 0) is 61.0 Å². The smallest absolute Gasteiger partial charge is 0.219 e. The maximum absolute atomic E-state index is 6.24. The van der Waals surface area contributed by atoms with Gasteiger partial charge in [0.1, 0.15) is 5.75 Å². The molecule has 2 N–H and O–H groups in total. The fourth-order valence-corrected chi connectivity index (χ4v) is 4.37. The van der Waals surface area contributed by atoms with Crippen LogP contribution in [0, 0.1) is 0 Å². The molecule has 3 aromatic rings. The molecule has 0 radical (unpaired) electrons. The minimum atomic E-state index is 0.0717. The van der Waals surface area contributed by atoms with Crippen LogP contribution in [0.5, 0.6) is 11.6 Å². The molecule has 154 valence electrons. The summed E-state index contributed by atoms with van der Waals surface area (Å²) in [5.41, 5.74) is 2.17. The van der Waals surface area contributed by atoms with Crippen molar-refractivity contribution >= 4 is 34.6 Å². The van der Waals surface area contributed by atoms with Gasteiger partial charge in [-0.1, -0.05) is 54.8 Å². The highest BCUT2D eigenvalue weighted by atomic mass is 35.5. The van der Waals surface area contributed by atoms with Gasteiger partial charge < -0.3 is 15.4 Å². The normalized spacial score (nSPS) is 14.8. The van der Waals surface area contributed by atoms with Crippen molar-refractivity contribution in [3.8, 4) is 11.6 Å². The first-order valence-electron chi connectivity index (χ1n) is 10.1. The first kappa shape index (κ1) is 20.6. The van der Waals surface area contributed by atoms with Crippen molar-refractivity contribution in [3.63, 3.8) is 0 Å². The molecule has 0 aliphatic heterocycles. The third kappa shape index (κ3) is 5.10. The van der Waals surface area contributed by atoms with Crippen LogP contribution in [0.4, 0.5) is 5.69 Å². The van der Waals surface area contributed by atoms with E-state index in [4.69, 9.17) is 28.6 Å². The molecule has 0 saturated heterocycles. The van der Waals surface area contributed by atoms with Crippen LogP contribution in [0.2, 0.25) is 5.02 Å².